The predicted octanol–water partition coefficient (Wildman–Crippen LogP) is 10.5. The first-order valence-corrected chi connectivity index (χ1v) is 13.7. The molecule has 1 aliphatic heterocycles. The van der Waals surface area contributed by atoms with Crippen LogP contribution in [-0.4, -0.2) is 4.57 Å². The first kappa shape index (κ1) is 21.6. The van der Waals surface area contributed by atoms with Gasteiger partial charge in [0.1, 0.15) is 11.5 Å². The summed E-state index contributed by atoms with van der Waals surface area (Å²) in [6.07, 6.45) is 0. The Bertz CT molecular complexity index is 2290. The van der Waals surface area contributed by atoms with Gasteiger partial charge in [-0.05, 0) is 52.2 Å². The number of para-hydroxylation sites is 3. The van der Waals surface area contributed by atoms with Gasteiger partial charge >= 0.3 is 0 Å². The number of aromatic nitrogens is 1. The third kappa shape index (κ3) is 2.88. The lowest BCUT2D eigenvalue weighted by atomic mass is 9.90. The minimum atomic E-state index is 0.911. The molecular weight excluding hydrogens is 486 g/mol. The van der Waals surface area contributed by atoms with Gasteiger partial charge in [-0.3, -0.25) is 0 Å². The molecule has 2 heteroatoms. The molecule has 2 heterocycles. The van der Waals surface area contributed by atoms with Crippen LogP contribution in [0.2, 0.25) is 0 Å². The topological polar surface area (TPSA) is 14.2 Å². The Morgan fingerprint density at radius 1 is 0.375 bits per heavy atom. The maximum Gasteiger partial charge on any atom is 0.135 e. The van der Waals surface area contributed by atoms with E-state index in [-0.39, 0.29) is 0 Å². The predicted molar refractivity (Wildman–Crippen MR) is 167 cm³/mol. The lowest BCUT2D eigenvalue weighted by molar-refractivity contribution is 0.487. The van der Waals surface area contributed by atoms with Gasteiger partial charge < -0.3 is 9.30 Å². The lowest BCUT2D eigenvalue weighted by Gasteiger charge is -2.22. The summed E-state index contributed by atoms with van der Waals surface area (Å²) < 4.78 is 8.87. The minimum Gasteiger partial charge on any atom is -0.456 e. The van der Waals surface area contributed by atoms with Gasteiger partial charge in [-0.1, -0.05) is 109 Å². The quantitative estimate of drug-likeness (QED) is 0.226. The molecule has 0 fully saturated rings. The van der Waals surface area contributed by atoms with Crippen LogP contribution in [-0.2, 0) is 0 Å². The second-order valence-corrected chi connectivity index (χ2v) is 10.5. The molecule has 0 radical (unpaired) electrons. The van der Waals surface area contributed by atoms with E-state index in [2.05, 4.69) is 132 Å². The molecule has 1 aromatic heterocycles. The van der Waals surface area contributed by atoms with E-state index in [0.717, 1.165) is 22.7 Å². The van der Waals surface area contributed by atoms with Crippen LogP contribution in [0.15, 0.2) is 140 Å². The smallest absolute Gasteiger partial charge is 0.135 e. The van der Waals surface area contributed by atoms with Crippen LogP contribution in [0.1, 0.15) is 0 Å². The average molecular weight is 510 g/mol. The molecule has 0 N–H and O–H groups in total. The van der Waals surface area contributed by atoms with Crippen molar-refractivity contribution in [3.63, 3.8) is 0 Å². The fraction of sp³-hybridized carbons (Fsp3) is 0. The van der Waals surface area contributed by atoms with E-state index in [1.54, 1.807) is 0 Å². The van der Waals surface area contributed by atoms with Gasteiger partial charge in [-0.25, -0.2) is 0 Å². The molecule has 0 aliphatic carbocycles. The third-order valence-electron chi connectivity index (χ3n) is 8.38. The maximum absolute atomic E-state index is 6.41. The number of hydrogen-bond acceptors (Lipinski definition) is 1. The Labute approximate surface area is 231 Å². The SMILES string of the molecule is c1ccc(-n2c3c(-c4ccc5c6c(cccc46)-c4ccccc4O5)cccc3c3ccc4ccccc4c32)cc1. The number of fused-ring (bicyclic) bond motifs is 7. The molecule has 0 spiro atoms. The van der Waals surface area contributed by atoms with Crippen LogP contribution in [0.4, 0.5) is 0 Å². The number of ether oxygens (including phenoxy) is 1. The molecule has 0 bridgehead atoms. The molecule has 0 amide bonds. The van der Waals surface area contributed by atoms with Crippen molar-refractivity contribution in [2.24, 2.45) is 0 Å². The van der Waals surface area contributed by atoms with E-state index in [4.69, 9.17) is 4.74 Å². The number of nitrogens with zero attached hydrogens (tertiary/aromatic N) is 1. The molecule has 0 saturated carbocycles. The second-order valence-electron chi connectivity index (χ2n) is 10.5. The highest BCUT2D eigenvalue weighted by Gasteiger charge is 2.23. The van der Waals surface area contributed by atoms with Crippen molar-refractivity contribution in [1.29, 1.82) is 0 Å². The van der Waals surface area contributed by atoms with Crippen molar-refractivity contribution >= 4 is 43.4 Å². The van der Waals surface area contributed by atoms with Crippen molar-refractivity contribution in [3.05, 3.63) is 140 Å². The number of benzene rings is 7. The molecule has 0 unspecified atom stereocenters. The van der Waals surface area contributed by atoms with E-state index in [9.17, 15) is 0 Å². The van der Waals surface area contributed by atoms with E-state index in [1.807, 2.05) is 12.1 Å². The van der Waals surface area contributed by atoms with Gasteiger partial charge in [0.25, 0.3) is 0 Å². The first-order valence-electron chi connectivity index (χ1n) is 13.7. The number of hydrogen-bond donors (Lipinski definition) is 0. The molecule has 0 saturated heterocycles. The second kappa shape index (κ2) is 8.08. The van der Waals surface area contributed by atoms with Crippen LogP contribution in [0.3, 0.4) is 0 Å². The maximum atomic E-state index is 6.41. The molecular formula is C38H23NO. The zero-order chi connectivity index (χ0) is 26.2. The van der Waals surface area contributed by atoms with Crippen molar-refractivity contribution in [3.8, 4) is 39.4 Å². The largest absolute Gasteiger partial charge is 0.456 e. The Hall–Kier alpha value is -5.34. The van der Waals surface area contributed by atoms with E-state index >= 15 is 0 Å². The highest BCUT2D eigenvalue weighted by atomic mass is 16.5. The van der Waals surface area contributed by atoms with Crippen molar-refractivity contribution < 1.29 is 4.74 Å². The Morgan fingerprint density at radius 3 is 2.00 bits per heavy atom. The summed E-state index contributed by atoms with van der Waals surface area (Å²) in [4.78, 5) is 0. The highest BCUT2D eigenvalue weighted by Crippen LogP contribution is 2.49. The lowest BCUT2D eigenvalue weighted by Crippen LogP contribution is -1.99. The summed E-state index contributed by atoms with van der Waals surface area (Å²) in [6, 6.07) is 50.0. The van der Waals surface area contributed by atoms with E-state index in [0.29, 0.717) is 0 Å². The zero-order valence-electron chi connectivity index (χ0n) is 21.6. The molecule has 2 nitrogen and oxygen atoms in total. The third-order valence-corrected chi connectivity index (χ3v) is 8.38. The first-order chi connectivity index (χ1) is 19.9. The Kier molecular flexibility index (Phi) is 4.36. The molecule has 1 aliphatic rings. The summed E-state index contributed by atoms with van der Waals surface area (Å²) >= 11 is 0. The summed E-state index contributed by atoms with van der Waals surface area (Å²) in [5.74, 6) is 1.82. The molecule has 186 valence electrons. The van der Waals surface area contributed by atoms with Gasteiger partial charge in [-0.2, -0.15) is 0 Å². The number of rotatable bonds is 2. The van der Waals surface area contributed by atoms with Crippen molar-refractivity contribution in [2.45, 2.75) is 0 Å². The standard InChI is InChI=1S/C38H23NO/c1-2-11-25(12-3-1)39-37-26-13-5-4-10-24(26)20-21-33(37)32-18-9-17-31(38(32)39)27-22-23-35-36-29(27)15-8-16-30(36)28-14-6-7-19-34(28)40-35/h1-23H. The van der Waals surface area contributed by atoms with Crippen LogP contribution < -0.4 is 4.74 Å². The fourth-order valence-electron chi connectivity index (χ4n) is 6.69. The average Bonchev–Trinajstić information content (AvgIpc) is 3.37. The summed E-state index contributed by atoms with van der Waals surface area (Å²) in [5, 5.41) is 7.39. The molecule has 40 heavy (non-hydrogen) atoms. The van der Waals surface area contributed by atoms with E-state index < -0.39 is 0 Å². The zero-order valence-corrected chi connectivity index (χ0v) is 21.6. The monoisotopic (exact) mass is 509 g/mol. The van der Waals surface area contributed by atoms with Crippen molar-refractivity contribution in [1.82, 2.24) is 4.57 Å². The molecule has 9 rings (SSSR count). The van der Waals surface area contributed by atoms with Crippen LogP contribution >= 0.6 is 0 Å². The van der Waals surface area contributed by atoms with Gasteiger partial charge in [0.2, 0.25) is 0 Å². The van der Waals surface area contributed by atoms with E-state index in [1.165, 1.54) is 60.0 Å². The van der Waals surface area contributed by atoms with Crippen LogP contribution in [0.5, 0.6) is 11.5 Å². The summed E-state index contributed by atoms with van der Waals surface area (Å²) in [5.41, 5.74) is 8.40. The van der Waals surface area contributed by atoms with Crippen LogP contribution in [0, 0.1) is 0 Å². The summed E-state index contributed by atoms with van der Waals surface area (Å²) in [6.45, 7) is 0. The molecule has 7 aromatic carbocycles. The summed E-state index contributed by atoms with van der Waals surface area (Å²) in [7, 11) is 0. The normalized spacial score (nSPS) is 12.2. The van der Waals surface area contributed by atoms with Gasteiger partial charge in [0.05, 0.1) is 11.0 Å². The van der Waals surface area contributed by atoms with Gasteiger partial charge in [0, 0.05) is 38.4 Å². The molecule has 8 aromatic rings. The Morgan fingerprint density at radius 2 is 1.07 bits per heavy atom. The molecule has 0 atom stereocenters. The highest BCUT2D eigenvalue weighted by molar-refractivity contribution is 6.22. The fourth-order valence-corrected chi connectivity index (χ4v) is 6.69. The minimum absolute atomic E-state index is 0.911. The van der Waals surface area contributed by atoms with Gasteiger partial charge in [0.15, 0.2) is 0 Å². The van der Waals surface area contributed by atoms with Gasteiger partial charge in [-0.15, -0.1) is 0 Å². The van der Waals surface area contributed by atoms with Crippen molar-refractivity contribution in [2.75, 3.05) is 0 Å². The Balaban J connectivity index is 1.45. The van der Waals surface area contributed by atoms with Crippen LogP contribution in [0.25, 0.3) is 71.3 Å².